The zero-order chi connectivity index (χ0) is 14.4. The van der Waals surface area contributed by atoms with Gasteiger partial charge in [-0.25, -0.2) is 0 Å². The number of rotatable bonds is 7. The average Bonchev–Trinajstić information content (AvgIpc) is 2.94. The van der Waals surface area contributed by atoms with Crippen LogP contribution in [0.15, 0.2) is 42.7 Å². The Hall–Kier alpha value is -1.74. The molecule has 1 aromatic carbocycles. The van der Waals surface area contributed by atoms with Gasteiger partial charge in [-0.3, -0.25) is 0 Å². The quantitative estimate of drug-likeness (QED) is 0.833. The van der Waals surface area contributed by atoms with Crippen molar-refractivity contribution in [1.82, 2.24) is 9.88 Å². The Morgan fingerprint density at radius 3 is 2.80 bits per heavy atom. The molecule has 2 aromatic rings. The summed E-state index contributed by atoms with van der Waals surface area (Å²) in [6.45, 7) is 6.29. The van der Waals surface area contributed by atoms with Gasteiger partial charge >= 0.3 is 0 Å². The van der Waals surface area contributed by atoms with Gasteiger partial charge in [0.1, 0.15) is 5.75 Å². The van der Waals surface area contributed by atoms with Crippen LogP contribution in [0.3, 0.4) is 0 Å². The molecule has 3 nitrogen and oxygen atoms in total. The largest absolute Gasteiger partial charge is 0.496 e. The standard InChI is InChI=1S/C17H24N2O/c1-4-10-18-14(2)15-9-11-19(12-15)13-16-7-5-6-8-17(16)20-3/h5-9,11-12,14,18H,4,10,13H2,1-3H3. The Balaban J connectivity index is 2.05. The smallest absolute Gasteiger partial charge is 0.123 e. The third-order valence-electron chi connectivity index (χ3n) is 3.52. The molecule has 3 heteroatoms. The molecule has 1 unspecified atom stereocenters. The van der Waals surface area contributed by atoms with Gasteiger partial charge in [0.25, 0.3) is 0 Å². The van der Waals surface area contributed by atoms with E-state index < -0.39 is 0 Å². The van der Waals surface area contributed by atoms with Gasteiger partial charge in [-0.1, -0.05) is 25.1 Å². The molecule has 1 aromatic heterocycles. The van der Waals surface area contributed by atoms with Crippen LogP contribution in [0.2, 0.25) is 0 Å². The molecule has 1 N–H and O–H groups in total. The van der Waals surface area contributed by atoms with Gasteiger partial charge in [0.2, 0.25) is 0 Å². The first kappa shape index (κ1) is 14.7. The highest BCUT2D eigenvalue weighted by atomic mass is 16.5. The molecule has 0 aliphatic carbocycles. The average molecular weight is 272 g/mol. The van der Waals surface area contributed by atoms with Crippen LogP contribution in [-0.2, 0) is 6.54 Å². The zero-order valence-electron chi connectivity index (χ0n) is 12.6. The van der Waals surface area contributed by atoms with Crippen molar-refractivity contribution in [2.45, 2.75) is 32.9 Å². The van der Waals surface area contributed by atoms with E-state index in [4.69, 9.17) is 4.74 Å². The maximum atomic E-state index is 5.40. The summed E-state index contributed by atoms with van der Waals surface area (Å²) in [4.78, 5) is 0. The predicted molar refractivity (Wildman–Crippen MR) is 83.2 cm³/mol. The van der Waals surface area contributed by atoms with Crippen LogP contribution < -0.4 is 10.1 Å². The van der Waals surface area contributed by atoms with Gasteiger partial charge < -0.3 is 14.6 Å². The SMILES string of the molecule is CCCNC(C)c1ccn(Cc2ccccc2OC)c1. The lowest BCUT2D eigenvalue weighted by Crippen LogP contribution is -2.18. The molecule has 0 fully saturated rings. The summed E-state index contributed by atoms with van der Waals surface area (Å²) < 4.78 is 7.60. The van der Waals surface area contributed by atoms with Crippen LogP contribution >= 0.6 is 0 Å². The minimum Gasteiger partial charge on any atom is -0.496 e. The first-order valence-corrected chi connectivity index (χ1v) is 7.25. The fourth-order valence-corrected chi connectivity index (χ4v) is 2.32. The van der Waals surface area contributed by atoms with Crippen LogP contribution in [0.25, 0.3) is 0 Å². The number of para-hydroxylation sites is 1. The second kappa shape index (κ2) is 7.15. The lowest BCUT2D eigenvalue weighted by molar-refractivity contribution is 0.408. The fourth-order valence-electron chi connectivity index (χ4n) is 2.32. The van der Waals surface area contributed by atoms with Gasteiger partial charge in [0.15, 0.2) is 0 Å². The number of hydrogen-bond donors (Lipinski definition) is 1. The maximum Gasteiger partial charge on any atom is 0.123 e. The molecule has 108 valence electrons. The van der Waals surface area contributed by atoms with E-state index in [0.717, 1.165) is 25.3 Å². The first-order valence-electron chi connectivity index (χ1n) is 7.25. The number of ether oxygens (including phenoxy) is 1. The molecular weight excluding hydrogens is 248 g/mol. The Morgan fingerprint density at radius 1 is 1.25 bits per heavy atom. The number of benzene rings is 1. The summed E-state index contributed by atoms with van der Waals surface area (Å²) in [5, 5.41) is 3.51. The summed E-state index contributed by atoms with van der Waals surface area (Å²) >= 11 is 0. The minimum atomic E-state index is 0.397. The molecule has 20 heavy (non-hydrogen) atoms. The lowest BCUT2D eigenvalue weighted by atomic mass is 10.2. The second-order valence-corrected chi connectivity index (χ2v) is 5.10. The summed E-state index contributed by atoms with van der Waals surface area (Å²) in [6.07, 6.45) is 5.50. The van der Waals surface area contributed by atoms with Crippen LogP contribution in [0.1, 0.15) is 37.4 Å². The van der Waals surface area contributed by atoms with E-state index in [9.17, 15) is 0 Å². The van der Waals surface area contributed by atoms with Crippen molar-refractivity contribution in [2.24, 2.45) is 0 Å². The zero-order valence-corrected chi connectivity index (χ0v) is 12.6. The van der Waals surface area contributed by atoms with Crippen molar-refractivity contribution < 1.29 is 4.74 Å². The fraction of sp³-hybridized carbons (Fsp3) is 0.412. The van der Waals surface area contributed by atoms with Gasteiger partial charge in [0, 0.05) is 24.0 Å². The molecule has 0 spiro atoms. The van der Waals surface area contributed by atoms with Crippen molar-refractivity contribution in [1.29, 1.82) is 0 Å². The highest BCUT2D eigenvalue weighted by molar-refractivity contribution is 5.33. The number of hydrogen-bond acceptors (Lipinski definition) is 2. The minimum absolute atomic E-state index is 0.397. The molecular formula is C17H24N2O. The molecule has 0 saturated carbocycles. The monoisotopic (exact) mass is 272 g/mol. The van der Waals surface area contributed by atoms with Crippen LogP contribution in [0.5, 0.6) is 5.75 Å². The second-order valence-electron chi connectivity index (χ2n) is 5.10. The van der Waals surface area contributed by atoms with E-state index in [1.54, 1.807) is 7.11 Å². The number of nitrogens with zero attached hydrogens (tertiary/aromatic N) is 1. The van der Waals surface area contributed by atoms with Gasteiger partial charge in [-0.15, -0.1) is 0 Å². The first-order chi connectivity index (χ1) is 9.74. The molecule has 0 saturated heterocycles. The summed E-state index contributed by atoms with van der Waals surface area (Å²) in [5.74, 6) is 0.944. The van der Waals surface area contributed by atoms with E-state index in [1.165, 1.54) is 11.1 Å². The number of aromatic nitrogens is 1. The van der Waals surface area contributed by atoms with Crippen molar-refractivity contribution >= 4 is 0 Å². The summed E-state index contributed by atoms with van der Waals surface area (Å²) in [7, 11) is 1.72. The number of methoxy groups -OCH3 is 1. The Kier molecular flexibility index (Phi) is 5.24. The van der Waals surface area contributed by atoms with E-state index in [2.05, 4.69) is 48.3 Å². The summed E-state index contributed by atoms with van der Waals surface area (Å²) in [5.41, 5.74) is 2.53. The van der Waals surface area contributed by atoms with Crippen LogP contribution in [-0.4, -0.2) is 18.2 Å². The van der Waals surface area contributed by atoms with Crippen molar-refractivity contribution in [3.63, 3.8) is 0 Å². The van der Waals surface area contributed by atoms with Gasteiger partial charge in [-0.05, 0) is 37.6 Å². The van der Waals surface area contributed by atoms with Crippen molar-refractivity contribution in [2.75, 3.05) is 13.7 Å². The van der Waals surface area contributed by atoms with Crippen molar-refractivity contribution in [3.8, 4) is 5.75 Å². The molecule has 2 rings (SSSR count). The predicted octanol–water partition coefficient (Wildman–Crippen LogP) is 3.61. The molecule has 1 atom stereocenters. The number of nitrogens with one attached hydrogen (secondary N) is 1. The Labute approximate surface area is 121 Å². The molecule has 1 heterocycles. The highest BCUT2D eigenvalue weighted by Gasteiger charge is 2.07. The van der Waals surface area contributed by atoms with Gasteiger partial charge in [-0.2, -0.15) is 0 Å². The molecule has 0 amide bonds. The molecule has 0 bridgehead atoms. The topological polar surface area (TPSA) is 26.2 Å². The van der Waals surface area contributed by atoms with E-state index in [-0.39, 0.29) is 0 Å². The van der Waals surface area contributed by atoms with Crippen LogP contribution in [0.4, 0.5) is 0 Å². The Bertz CT molecular complexity index is 533. The maximum absolute atomic E-state index is 5.40. The van der Waals surface area contributed by atoms with Crippen LogP contribution in [0, 0.1) is 0 Å². The highest BCUT2D eigenvalue weighted by Crippen LogP contribution is 2.20. The molecule has 0 aliphatic heterocycles. The normalized spacial score (nSPS) is 12.3. The lowest BCUT2D eigenvalue weighted by Gasteiger charge is -2.12. The van der Waals surface area contributed by atoms with Gasteiger partial charge in [0.05, 0.1) is 13.7 Å². The molecule has 0 radical (unpaired) electrons. The van der Waals surface area contributed by atoms with Crippen molar-refractivity contribution in [3.05, 3.63) is 53.9 Å². The van der Waals surface area contributed by atoms with E-state index in [0.29, 0.717) is 6.04 Å². The van der Waals surface area contributed by atoms with E-state index >= 15 is 0 Å². The Morgan fingerprint density at radius 2 is 2.05 bits per heavy atom. The molecule has 0 aliphatic rings. The van der Waals surface area contributed by atoms with E-state index in [1.807, 2.05) is 18.2 Å². The summed E-state index contributed by atoms with van der Waals surface area (Å²) in [6, 6.07) is 10.7. The third-order valence-corrected chi connectivity index (χ3v) is 3.52. The third kappa shape index (κ3) is 3.64.